The predicted octanol–water partition coefficient (Wildman–Crippen LogP) is 3.06. The van der Waals surface area contributed by atoms with Crippen molar-refractivity contribution in [3.8, 4) is 0 Å². The zero-order chi connectivity index (χ0) is 16.5. The first-order chi connectivity index (χ1) is 11.2. The van der Waals surface area contributed by atoms with E-state index in [4.69, 9.17) is 0 Å². The number of thiophene rings is 1. The number of nitrogens with zero attached hydrogens (tertiary/aromatic N) is 3. The van der Waals surface area contributed by atoms with Crippen molar-refractivity contribution in [3.63, 3.8) is 0 Å². The molecule has 0 aliphatic heterocycles. The molecule has 0 radical (unpaired) electrons. The third-order valence-corrected chi connectivity index (χ3v) is 5.73. The second kappa shape index (κ2) is 9.93. The van der Waals surface area contributed by atoms with Gasteiger partial charge in [-0.25, -0.2) is 0 Å². The van der Waals surface area contributed by atoms with Crippen LogP contribution in [0.3, 0.4) is 0 Å². The number of likely N-dealkylation sites (N-methyl/N-ethyl adjacent to an activating group) is 2. The van der Waals surface area contributed by atoms with Crippen LogP contribution >= 0.6 is 11.3 Å². The fraction of sp³-hybridized carbons (Fsp3) is 0.722. The lowest BCUT2D eigenvalue weighted by molar-refractivity contribution is 0.194. The van der Waals surface area contributed by atoms with Gasteiger partial charge in [0, 0.05) is 44.6 Å². The van der Waals surface area contributed by atoms with Crippen LogP contribution in [0.5, 0.6) is 0 Å². The van der Waals surface area contributed by atoms with Gasteiger partial charge in [-0.2, -0.15) is 0 Å². The molecule has 2 rings (SSSR count). The first-order valence-corrected chi connectivity index (χ1v) is 9.73. The Kier molecular flexibility index (Phi) is 7.89. The lowest BCUT2D eigenvalue weighted by atomic mass is 9.94. The van der Waals surface area contributed by atoms with Crippen LogP contribution in [0.1, 0.15) is 37.0 Å². The van der Waals surface area contributed by atoms with Crippen molar-refractivity contribution in [1.29, 1.82) is 0 Å². The molecule has 1 aromatic rings. The molecule has 0 unspecified atom stereocenters. The summed E-state index contributed by atoms with van der Waals surface area (Å²) in [4.78, 5) is 10.6. The van der Waals surface area contributed by atoms with Gasteiger partial charge in [-0.3, -0.25) is 4.99 Å². The van der Waals surface area contributed by atoms with Crippen LogP contribution in [-0.2, 0) is 6.42 Å². The van der Waals surface area contributed by atoms with E-state index in [2.05, 4.69) is 51.7 Å². The summed E-state index contributed by atoms with van der Waals surface area (Å²) >= 11 is 1.83. The lowest BCUT2D eigenvalue weighted by Gasteiger charge is -2.31. The van der Waals surface area contributed by atoms with E-state index in [-0.39, 0.29) is 0 Å². The van der Waals surface area contributed by atoms with Gasteiger partial charge < -0.3 is 15.1 Å². The van der Waals surface area contributed by atoms with E-state index in [1.165, 1.54) is 37.0 Å². The van der Waals surface area contributed by atoms with Crippen LogP contribution in [-0.4, -0.2) is 62.6 Å². The average molecular weight is 337 g/mol. The number of aliphatic imine (C=N–C) groups is 1. The van der Waals surface area contributed by atoms with Gasteiger partial charge in [0.05, 0.1) is 0 Å². The molecular formula is C18H32N4S. The van der Waals surface area contributed by atoms with E-state index in [9.17, 15) is 0 Å². The van der Waals surface area contributed by atoms with E-state index < -0.39 is 0 Å². The number of hydrogen-bond acceptors (Lipinski definition) is 3. The molecule has 0 spiro atoms. The normalized spacial score (nSPS) is 16.8. The van der Waals surface area contributed by atoms with Gasteiger partial charge in [0.15, 0.2) is 5.96 Å². The summed E-state index contributed by atoms with van der Waals surface area (Å²) in [5.41, 5.74) is 0. The largest absolute Gasteiger partial charge is 0.355 e. The Labute approximate surface area is 145 Å². The van der Waals surface area contributed by atoms with Crippen molar-refractivity contribution in [1.82, 2.24) is 15.1 Å². The summed E-state index contributed by atoms with van der Waals surface area (Å²) in [7, 11) is 6.25. The fourth-order valence-electron chi connectivity index (χ4n) is 3.27. The lowest BCUT2D eigenvalue weighted by Crippen LogP contribution is -2.44. The number of guanidine groups is 1. The molecule has 1 saturated carbocycles. The number of hydrogen-bond donors (Lipinski definition) is 1. The number of rotatable bonds is 7. The molecule has 23 heavy (non-hydrogen) atoms. The van der Waals surface area contributed by atoms with Gasteiger partial charge in [0.2, 0.25) is 0 Å². The highest BCUT2D eigenvalue weighted by molar-refractivity contribution is 7.09. The van der Waals surface area contributed by atoms with Crippen LogP contribution in [0.25, 0.3) is 0 Å². The Morgan fingerprint density at radius 2 is 2.04 bits per heavy atom. The molecular weight excluding hydrogens is 304 g/mol. The number of nitrogens with one attached hydrogen (secondary N) is 1. The fourth-order valence-corrected chi connectivity index (χ4v) is 3.97. The summed E-state index contributed by atoms with van der Waals surface area (Å²) < 4.78 is 0. The monoisotopic (exact) mass is 336 g/mol. The Hall–Kier alpha value is -1.07. The molecule has 1 heterocycles. The van der Waals surface area contributed by atoms with E-state index in [1.54, 1.807) is 0 Å². The highest BCUT2D eigenvalue weighted by Crippen LogP contribution is 2.21. The summed E-state index contributed by atoms with van der Waals surface area (Å²) in [6, 6.07) is 5.10. The van der Waals surface area contributed by atoms with Crippen molar-refractivity contribution in [2.75, 3.05) is 40.8 Å². The minimum absolute atomic E-state index is 0.782. The molecule has 0 bridgehead atoms. The summed E-state index contributed by atoms with van der Waals surface area (Å²) in [6.07, 6.45) is 8.03. The second-order valence-corrected chi connectivity index (χ2v) is 7.53. The summed E-state index contributed by atoms with van der Waals surface area (Å²) in [5, 5.41) is 5.65. The first kappa shape index (κ1) is 18.3. The minimum Gasteiger partial charge on any atom is -0.355 e. The molecule has 0 atom stereocenters. The minimum atomic E-state index is 0.782. The van der Waals surface area contributed by atoms with Crippen molar-refractivity contribution in [2.45, 2.75) is 44.6 Å². The molecule has 0 aromatic carbocycles. The SMILES string of the molecule is CN=C(NCCN(C)C1CCCCC1)N(C)CCc1cccs1. The van der Waals surface area contributed by atoms with E-state index in [0.717, 1.165) is 38.1 Å². The van der Waals surface area contributed by atoms with E-state index in [0.29, 0.717) is 0 Å². The zero-order valence-electron chi connectivity index (χ0n) is 14.9. The second-order valence-electron chi connectivity index (χ2n) is 6.50. The van der Waals surface area contributed by atoms with E-state index in [1.807, 2.05) is 18.4 Å². The van der Waals surface area contributed by atoms with Crippen LogP contribution in [0.15, 0.2) is 22.5 Å². The molecule has 4 nitrogen and oxygen atoms in total. The molecule has 130 valence electrons. The Morgan fingerprint density at radius 3 is 2.70 bits per heavy atom. The molecule has 1 fully saturated rings. The predicted molar refractivity (Wildman–Crippen MR) is 102 cm³/mol. The van der Waals surface area contributed by atoms with Gasteiger partial charge in [-0.1, -0.05) is 25.3 Å². The van der Waals surface area contributed by atoms with Crippen LogP contribution in [0, 0.1) is 0 Å². The molecule has 1 N–H and O–H groups in total. The first-order valence-electron chi connectivity index (χ1n) is 8.85. The maximum Gasteiger partial charge on any atom is 0.193 e. The zero-order valence-corrected chi connectivity index (χ0v) is 15.7. The van der Waals surface area contributed by atoms with Crippen molar-refractivity contribution < 1.29 is 0 Å². The highest BCUT2D eigenvalue weighted by atomic mass is 32.1. The molecule has 1 aliphatic rings. The topological polar surface area (TPSA) is 30.9 Å². The van der Waals surface area contributed by atoms with Crippen molar-refractivity contribution >= 4 is 17.3 Å². The third kappa shape index (κ3) is 6.15. The Balaban J connectivity index is 1.67. The van der Waals surface area contributed by atoms with Crippen LogP contribution in [0.2, 0.25) is 0 Å². The standard InChI is InChI=1S/C18H32N4S/c1-19-18(22(3)13-11-17-10-7-15-23-17)20-12-14-21(2)16-8-5-4-6-9-16/h7,10,15-16H,4-6,8-9,11-14H2,1-3H3,(H,19,20). The smallest absolute Gasteiger partial charge is 0.193 e. The molecule has 0 saturated heterocycles. The molecule has 1 aromatic heterocycles. The van der Waals surface area contributed by atoms with E-state index >= 15 is 0 Å². The van der Waals surface area contributed by atoms with Crippen LogP contribution in [0.4, 0.5) is 0 Å². The Bertz CT molecular complexity index is 452. The highest BCUT2D eigenvalue weighted by Gasteiger charge is 2.17. The van der Waals surface area contributed by atoms with Crippen molar-refractivity contribution in [2.24, 2.45) is 4.99 Å². The Morgan fingerprint density at radius 1 is 1.26 bits per heavy atom. The molecule has 5 heteroatoms. The summed E-state index contributed by atoms with van der Waals surface area (Å²) in [6.45, 7) is 3.05. The van der Waals surface area contributed by atoms with Crippen molar-refractivity contribution in [3.05, 3.63) is 22.4 Å². The van der Waals surface area contributed by atoms with Gasteiger partial charge in [0.25, 0.3) is 0 Å². The quantitative estimate of drug-likeness (QED) is 0.613. The third-order valence-electron chi connectivity index (χ3n) is 4.79. The average Bonchev–Trinajstić information content (AvgIpc) is 3.10. The molecule has 0 amide bonds. The maximum absolute atomic E-state index is 4.41. The van der Waals surface area contributed by atoms with Gasteiger partial charge >= 0.3 is 0 Å². The molecule has 1 aliphatic carbocycles. The maximum atomic E-state index is 4.41. The van der Waals surface area contributed by atoms with Gasteiger partial charge in [-0.15, -0.1) is 11.3 Å². The van der Waals surface area contributed by atoms with Crippen LogP contribution < -0.4 is 5.32 Å². The summed E-state index contributed by atoms with van der Waals surface area (Å²) in [5.74, 6) is 0.999. The van der Waals surface area contributed by atoms with Gasteiger partial charge in [0.1, 0.15) is 0 Å². The van der Waals surface area contributed by atoms with Gasteiger partial charge in [-0.05, 0) is 37.8 Å².